The van der Waals surface area contributed by atoms with E-state index in [0.29, 0.717) is 17.0 Å². The lowest BCUT2D eigenvalue weighted by Gasteiger charge is -2.12. The summed E-state index contributed by atoms with van der Waals surface area (Å²) in [7, 11) is 0. The average Bonchev–Trinajstić information content (AvgIpc) is 3.43. The van der Waals surface area contributed by atoms with Gasteiger partial charge in [0, 0.05) is 21.7 Å². The van der Waals surface area contributed by atoms with E-state index in [1.54, 1.807) is 42.5 Å². The molecule has 0 bridgehead atoms. The van der Waals surface area contributed by atoms with Crippen molar-refractivity contribution < 1.29 is 14.4 Å². The minimum atomic E-state index is -0.441. The molecule has 1 aliphatic rings. The number of anilines is 1. The molecule has 6 rings (SSSR count). The topological polar surface area (TPSA) is 75.3 Å². The molecule has 2 amide bonds. The summed E-state index contributed by atoms with van der Waals surface area (Å²) in [5, 5.41) is 5.65. The first-order valence-corrected chi connectivity index (χ1v) is 15.3. The second-order valence-electron chi connectivity index (χ2n) is 10.7. The van der Waals surface area contributed by atoms with Gasteiger partial charge in [-0.15, -0.1) is 11.8 Å². The lowest BCUT2D eigenvalue weighted by atomic mass is 10.0. The van der Waals surface area contributed by atoms with Crippen LogP contribution in [-0.2, 0) is 11.2 Å². The molecule has 5 aromatic rings. The number of fused-ring (bicyclic) bond motifs is 3. The van der Waals surface area contributed by atoms with Gasteiger partial charge in [0.05, 0.1) is 5.75 Å². The normalized spacial score (nSPS) is 11.8. The smallest absolute Gasteiger partial charge is 0.272 e. The summed E-state index contributed by atoms with van der Waals surface area (Å²) in [6.45, 7) is 1.99. The molecule has 1 aliphatic carbocycles. The van der Waals surface area contributed by atoms with E-state index in [9.17, 15) is 14.4 Å². The van der Waals surface area contributed by atoms with Gasteiger partial charge in [-0.25, -0.2) is 0 Å². The van der Waals surface area contributed by atoms with E-state index in [1.165, 1.54) is 34.0 Å². The molecule has 2 N–H and O–H groups in total. The van der Waals surface area contributed by atoms with Gasteiger partial charge in [-0.05, 0) is 89.7 Å². The number of Topliss-reactive ketones (excluding diaryl/α,β-unsaturated/α-hetero) is 1. The van der Waals surface area contributed by atoms with Crippen molar-refractivity contribution in [2.75, 3.05) is 11.1 Å². The summed E-state index contributed by atoms with van der Waals surface area (Å²) >= 11 is 1.46. The minimum Gasteiger partial charge on any atom is -0.321 e. The number of ketones is 1. The molecule has 0 radical (unpaired) electrons. The van der Waals surface area contributed by atoms with Crippen LogP contribution in [0, 0.1) is 6.92 Å². The molecular weight excluding hydrogens is 564 g/mol. The Hall–Kier alpha value is -5.20. The van der Waals surface area contributed by atoms with Crippen molar-refractivity contribution in [3.8, 4) is 11.1 Å². The number of benzene rings is 5. The van der Waals surface area contributed by atoms with Crippen LogP contribution in [0.4, 0.5) is 5.69 Å². The van der Waals surface area contributed by atoms with Crippen LogP contribution in [-0.4, -0.2) is 23.4 Å². The van der Waals surface area contributed by atoms with E-state index < -0.39 is 5.91 Å². The van der Waals surface area contributed by atoms with Crippen molar-refractivity contribution in [2.24, 2.45) is 0 Å². The summed E-state index contributed by atoms with van der Waals surface area (Å²) in [5.74, 6) is -0.425. The first-order valence-electron chi connectivity index (χ1n) is 14.4. The molecular formula is C38H30N2O3S. The number of thioether (sulfide) groups is 1. The molecule has 0 aromatic heterocycles. The summed E-state index contributed by atoms with van der Waals surface area (Å²) in [6.07, 6.45) is 2.51. The Kier molecular flexibility index (Phi) is 8.52. The lowest BCUT2D eigenvalue weighted by molar-refractivity contribution is -0.113. The van der Waals surface area contributed by atoms with Crippen molar-refractivity contribution >= 4 is 41.1 Å². The molecule has 0 saturated carbocycles. The zero-order valence-electron chi connectivity index (χ0n) is 24.2. The van der Waals surface area contributed by atoms with E-state index in [-0.39, 0.29) is 17.4 Å². The summed E-state index contributed by atoms with van der Waals surface area (Å²) in [5.41, 5.74) is 8.71. The molecule has 0 saturated heterocycles. The van der Waals surface area contributed by atoms with Crippen LogP contribution in [0.1, 0.15) is 43.0 Å². The van der Waals surface area contributed by atoms with Gasteiger partial charge >= 0.3 is 0 Å². The van der Waals surface area contributed by atoms with Gasteiger partial charge in [0.1, 0.15) is 5.70 Å². The maximum atomic E-state index is 13.3. The van der Waals surface area contributed by atoms with Gasteiger partial charge in [0.15, 0.2) is 5.78 Å². The fourth-order valence-electron chi connectivity index (χ4n) is 5.16. The Balaban J connectivity index is 1.09. The molecule has 5 aromatic carbocycles. The molecule has 0 aliphatic heterocycles. The maximum Gasteiger partial charge on any atom is 0.272 e. The molecule has 0 heterocycles. The SMILES string of the molecule is Cc1ccc(/C=C(\NC(=O)c2ccccc2)C(=O)Nc2ccc(SCC(=O)c3ccc4c(c3)Cc3ccccc3-4)cc2)cc1. The Morgan fingerprint density at radius 2 is 1.43 bits per heavy atom. The van der Waals surface area contributed by atoms with Gasteiger partial charge < -0.3 is 10.6 Å². The number of carbonyl (C=O) groups excluding carboxylic acids is 3. The third-order valence-electron chi connectivity index (χ3n) is 7.51. The van der Waals surface area contributed by atoms with Crippen LogP contribution in [0.15, 0.2) is 132 Å². The molecule has 0 unspecified atom stereocenters. The number of nitrogens with one attached hydrogen (secondary N) is 2. The first-order chi connectivity index (χ1) is 21.4. The van der Waals surface area contributed by atoms with Crippen molar-refractivity contribution in [1.82, 2.24) is 5.32 Å². The van der Waals surface area contributed by atoms with Crippen molar-refractivity contribution in [3.63, 3.8) is 0 Å². The van der Waals surface area contributed by atoms with Gasteiger partial charge in [-0.1, -0.05) is 84.4 Å². The molecule has 44 heavy (non-hydrogen) atoms. The summed E-state index contributed by atoms with van der Waals surface area (Å²) < 4.78 is 0. The largest absolute Gasteiger partial charge is 0.321 e. The number of amides is 2. The number of rotatable bonds is 9. The zero-order chi connectivity index (χ0) is 30.5. The molecule has 6 heteroatoms. The number of hydrogen-bond acceptors (Lipinski definition) is 4. The minimum absolute atomic E-state index is 0.0752. The van der Waals surface area contributed by atoms with E-state index in [2.05, 4.69) is 34.9 Å². The molecule has 216 valence electrons. The van der Waals surface area contributed by atoms with Crippen LogP contribution >= 0.6 is 11.8 Å². The van der Waals surface area contributed by atoms with Crippen LogP contribution in [0.3, 0.4) is 0 Å². The highest BCUT2D eigenvalue weighted by atomic mass is 32.2. The second-order valence-corrected chi connectivity index (χ2v) is 11.7. The lowest BCUT2D eigenvalue weighted by Crippen LogP contribution is -2.30. The van der Waals surface area contributed by atoms with Crippen molar-refractivity contribution in [1.29, 1.82) is 0 Å². The molecule has 0 fully saturated rings. The Morgan fingerprint density at radius 3 is 2.20 bits per heavy atom. The third kappa shape index (κ3) is 6.72. The van der Waals surface area contributed by atoms with E-state index in [1.807, 2.05) is 67.6 Å². The molecule has 0 atom stereocenters. The van der Waals surface area contributed by atoms with Crippen LogP contribution in [0.2, 0.25) is 0 Å². The predicted molar refractivity (Wildman–Crippen MR) is 178 cm³/mol. The Morgan fingerprint density at radius 1 is 0.727 bits per heavy atom. The fourth-order valence-corrected chi connectivity index (χ4v) is 5.95. The van der Waals surface area contributed by atoms with Crippen molar-refractivity contribution in [3.05, 3.63) is 160 Å². The number of carbonyl (C=O) groups is 3. The number of aryl methyl sites for hydroxylation is 1. The second kappa shape index (κ2) is 13.0. The van der Waals surface area contributed by atoms with Gasteiger partial charge in [-0.3, -0.25) is 14.4 Å². The van der Waals surface area contributed by atoms with Crippen LogP contribution < -0.4 is 10.6 Å². The maximum absolute atomic E-state index is 13.3. The summed E-state index contributed by atoms with van der Waals surface area (Å²) in [4.78, 5) is 40.1. The van der Waals surface area contributed by atoms with Gasteiger partial charge in [0.25, 0.3) is 11.8 Å². The standard InChI is InChI=1S/C38H30N2O3S/c1-25-11-13-26(14-12-25)21-35(40-37(42)27-7-3-2-4-8-27)38(43)39-31-16-18-32(19-17-31)44-24-36(41)29-15-20-34-30(23-29)22-28-9-5-6-10-33(28)34/h2-21,23H,22,24H2,1H3,(H,39,43)(H,40,42)/b35-21-. The zero-order valence-corrected chi connectivity index (χ0v) is 25.0. The highest BCUT2D eigenvalue weighted by molar-refractivity contribution is 8.00. The molecule has 5 nitrogen and oxygen atoms in total. The monoisotopic (exact) mass is 594 g/mol. The van der Waals surface area contributed by atoms with E-state index in [0.717, 1.165) is 28.0 Å². The van der Waals surface area contributed by atoms with Crippen LogP contribution in [0.5, 0.6) is 0 Å². The highest BCUT2D eigenvalue weighted by Crippen LogP contribution is 2.37. The van der Waals surface area contributed by atoms with Gasteiger partial charge in [-0.2, -0.15) is 0 Å². The van der Waals surface area contributed by atoms with E-state index >= 15 is 0 Å². The Labute approximate surface area is 261 Å². The third-order valence-corrected chi connectivity index (χ3v) is 8.53. The first kappa shape index (κ1) is 28.9. The fraction of sp³-hybridized carbons (Fsp3) is 0.0789. The van der Waals surface area contributed by atoms with Gasteiger partial charge in [0.2, 0.25) is 0 Å². The quantitative estimate of drug-likeness (QED) is 0.101. The number of hydrogen-bond donors (Lipinski definition) is 2. The highest BCUT2D eigenvalue weighted by Gasteiger charge is 2.20. The Bertz CT molecular complexity index is 1880. The molecule has 0 spiro atoms. The predicted octanol–water partition coefficient (Wildman–Crippen LogP) is 7.95. The van der Waals surface area contributed by atoms with E-state index in [4.69, 9.17) is 0 Å². The average molecular weight is 595 g/mol. The van der Waals surface area contributed by atoms with Crippen molar-refractivity contribution in [2.45, 2.75) is 18.2 Å². The van der Waals surface area contributed by atoms with Crippen LogP contribution in [0.25, 0.3) is 17.2 Å². The summed E-state index contributed by atoms with van der Waals surface area (Å²) in [6, 6.07) is 38.2.